The lowest BCUT2D eigenvalue weighted by atomic mass is 10.1. The first-order valence-electron chi connectivity index (χ1n) is 12.5. The van der Waals surface area contributed by atoms with Crippen molar-refractivity contribution in [3.05, 3.63) is 42.5 Å². The molecule has 0 amide bonds. The molecule has 2 heterocycles. The fourth-order valence-corrected chi connectivity index (χ4v) is 6.40. The maximum Gasteiger partial charge on any atom is 0.326 e. The second kappa shape index (κ2) is 12.7. The molecule has 0 fully saturated rings. The van der Waals surface area contributed by atoms with Crippen molar-refractivity contribution in [3.8, 4) is 5.75 Å². The molecule has 0 radical (unpaired) electrons. The van der Waals surface area contributed by atoms with Gasteiger partial charge in [0.25, 0.3) is 0 Å². The lowest BCUT2D eigenvalue weighted by Crippen LogP contribution is -2.49. The Labute approximate surface area is 223 Å². The van der Waals surface area contributed by atoms with Crippen LogP contribution in [0, 0.1) is 0 Å². The zero-order valence-electron chi connectivity index (χ0n) is 22.8. The Hall–Kier alpha value is -3.05. The molecular formula is C25H38N7O5P. The predicted octanol–water partition coefficient (Wildman–Crippen LogP) is 3.65. The Balaban J connectivity index is 1.79. The first kappa shape index (κ1) is 29.5. The molecule has 3 rings (SSSR count). The number of benzene rings is 1. The summed E-state index contributed by atoms with van der Waals surface area (Å²) in [6, 6.07) is 7.08. The minimum Gasteiger partial charge on any atom is -0.496 e. The topological polar surface area (TPSA) is 156 Å². The molecule has 0 saturated carbocycles. The number of fused-ring (bicyclic) bond motifs is 1. The van der Waals surface area contributed by atoms with E-state index in [1.54, 1.807) is 31.9 Å². The largest absolute Gasteiger partial charge is 0.496 e. The van der Waals surface area contributed by atoms with Gasteiger partial charge in [-0.2, -0.15) is 0 Å². The van der Waals surface area contributed by atoms with Gasteiger partial charge >= 0.3 is 5.97 Å². The summed E-state index contributed by atoms with van der Waals surface area (Å²) < 4.78 is 33.0. The summed E-state index contributed by atoms with van der Waals surface area (Å²) in [5.41, 5.74) is 6.55. The van der Waals surface area contributed by atoms with Gasteiger partial charge in [-0.05, 0) is 40.2 Å². The summed E-state index contributed by atoms with van der Waals surface area (Å²) in [6.45, 7) is 9.58. The van der Waals surface area contributed by atoms with Gasteiger partial charge in [-0.1, -0.05) is 25.1 Å². The first-order chi connectivity index (χ1) is 18.0. The number of aromatic nitrogens is 4. The maximum atomic E-state index is 14.3. The summed E-state index contributed by atoms with van der Waals surface area (Å²) in [5.74, 6) is 0.451. The normalized spacial score (nSPS) is 15.1. The summed E-state index contributed by atoms with van der Waals surface area (Å²) in [4.78, 5) is 25.2. The van der Waals surface area contributed by atoms with E-state index in [1.165, 1.54) is 6.33 Å². The quantitative estimate of drug-likeness (QED) is 0.200. The molecule has 0 bridgehead atoms. The van der Waals surface area contributed by atoms with E-state index in [-0.39, 0.29) is 25.1 Å². The van der Waals surface area contributed by atoms with Crippen LogP contribution < -0.4 is 20.6 Å². The summed E-state index contributed by atoms with van der Waals surface area (Å²) in [5, 5.41) is 6.19. The number of hydrogen-bond acceptors (Lipinski definition) is 9. The highest BCUT2D eigenvalue weighted by Crippen LogP contribution is 2.43. The lowest BCUT2D eigenvalue weighted by Gasteiger charge is -2.33. The third-order valence-electron chi connectivity index (χ3n) is 5.84. The molecule has 3 atom stereocenters. The predicted molar refractivity (Wildman–Crippen MR) is 146 cm³/mol. The summed E-state index contributed by atoms with van der Waals surface area (Å²) in [7, 11) is -1.95. The van der Waals surface area contributed by atoms with E-state index in [4.69, 9.17) is 19.9 Å². The third-order valence-corrected chi connectivity index (χ3v) is 8.08. The number of carbonyl (C=O) groups is 1. The molecule has 2 aromatic heterocycles. The number of carbonyl (C=O) groups excluding carboxylic acids is 1. The highest BCUT2D eigenvalue weighted by atomic mass is 31.2. The Bertz CT molecular complexity index is 1280. The van der Waals surface area contributed by atoms with Crippen LogP contribution >= 0.6 is 7.44 Å². The Morgan fingerprint density at radius 1 is 1.21 bits per heavy atom. The van der Waals surface area contributed by atoms with E-state index in [9.17, 15) is 9.36 Å². The smallest absolute Gasteiger partial charge is 0.326 e. The summed E-state index contributed by atoms with van der Waals surface area (Å²) >= 11 is 0. The molecule has 0 aliphatic rings. The van der Waals surface area contributed by atoms with Gasteiger partial charge in [-0.3, -0.25) is 9.36 Å². The van der Waals surface area contributed by atoms with E-state index in [0.717, 1.165) is 5.56 Å². The molecule has 0 spiro atoms. The van der Waals surface area contributed by atoms with Crippen molar-refractivity contribution in [2.45, 2.75) is 65.3 Å². The molecule has 0 unspecified atom stereocenters. The second-order valence-electron chi connectivity index (χ2n) is 9.64. The van der Waals surface area contributed by atoms with Gasteiger partial charge in [-0.15, -0.1) is 0 Å². The Morgan fingerprint density at radius 2 is 1.95 bits per heavy atom. The van der Waals surface area contributed by atoms with Crippen LogP contribution in [0.15, 0.2) is 36.9 Å². The number of rotatable bonds is 14. The first-order valence-corrected chi connectivity index (χ1v) is 14.4. The van der Waals surface area contributed by atoms with Crippen molar-refractivity contribution in [1.82, 2.24) is 29.7 Å². The minimum atomic E-state index is -3.53. The van der Waals surface area contributed by atoms with Crippen molar-refractivity contribution in [1.29, 1.82) is 0 Å². The SMILES string of the molecule is CCCOC(=O)C(C)(C)N[P@](=O)(CO[C@H](C)Cn1cnc2c(N)ncnc21)N[C@H](C)c1ccccc1OC. The standard InChI is InChI=1S/C25H38N7O5P/c1-7-12-36-24(33)25(4,5)31-38(34,30-18(3)19-10-8-9-11-20(19)35-6)16-37-17(2)13-32-15-29-21-22(26)27-14-28-23(21)32/h8-11,14-15,17-18H,7,12-13,16H2,1-6H3,(H2,26,27,28)(H2,30,31,34)/t17-,18-,38+/m1/s1. The fourth-order valence-electron chi connectivity index (χ4n) is 3.97. The number of nitrogens with zero attached hydrogens (tertiary/aromatic N) is 4. The monoisotopic (exact) mass is 547 g/mol. The minimum absolute atomic E-state index is 0.193. The van der Waals surface area contributed by atoms with Crippen LogP contribution in [0.4, 0.5) is 5.82 Å². The van der Waals surface area contributed by atoms with Gasteiger partial charge in [0.05, 0.1) is 32.7 Å². The third kappa shape index (κ3) is 7.28. The molecule has 12 nitrogen and oxygen atoms in total. The van der Waals surface area contributed by atoms with Crippen LogP contribution in [-0.2, 0) is 25.4 Å². The average molecular weight is 548 g/mol. The molecule has 208 valence electrons. The molecule has 38 heavy (non-hydrogen) atoms. The molecule has 0 aliphatic carbocycles. The number of esters is 1. The van der Waals surface area contributed by atoms with E-state index < -0.39 is 19.0 Å². The Morgan fingerprint density at radius 3 is 2.66 bits per heavy atom. The van der Waals surface area contributed by atoms with Crippen LogP contribution in [0.2, 0.25) is 0 Å². The van der Waals surface area contributed by atoms with Crippen molar-refractivity contribution < 1.29 is 23.6 Å². The molecule has 13 heteroatoms. The zero-order valence-corrected chi connectivity index (χ0v) is 23.7. The van der Waals surface area contributed by atoms with E-state index in [1.807, 2.05) is 45.0 Å². The number of ether oxygens (including phenoxy) is 3. The van der Waals surface area contributed by atoms with Crippen molar-refractivity contribution in [2.24, 2.45) is 0 Å². The van der Waals surface area contributed by atoms with Crippen LogP contribution in [-0.4, -0.2) is 57.2 Å². The second-order valence-corrected chi connectivity index (χ2v) is 11.9. The zero-order chi connectivity index (χ0) is 27.9. The number of nitrogens with one attached hydrogen (secondary N) is 2. The number of nitrogens with two attached hydrogens (primary N) is 1. The van der Waals surface area contributed by atoms with Gasteiger partial charge < -0.3 is 24.5 Å². The van der Waals surface area contributed by atoms with Crippen LogP contribution in [0.3, 0.4) is 0 Å². The number of nitrogen functional groups attached to an aromatic ring is 1. The molecule has 0 saturated heterocycles. The van der Waals surface area contributed by atoms with Gasteiger partial charge in [-0.25, -0.2) is 25.1 Å². The van der Waals surface area contributed by atoms with Crippen molar-refractivity contribution in [3.63, 3.8) is 0 Å². The van der Waals surface area contributed by atoms with Crippen LogP contribution in [0.5, 0.6) is 5.75 Å². The van der Waals surface area contributed by atoms with E-state index in [0.29, 0.717) is 35.7 Å². The molecular weight excluding hydrogens is 509 g/mol. The molecule has 1 aromatic carbocycles. The highest BCUT2D eigenvalue weighted by Gasteiger charge is 2.38. The summed E-state index contributed by atoms with van der Waals surface area (Å²) in [6.07, 6.45) is 3.10. The van der Waals surface area contributed by atoms with E-state index >= 15 is 0 Å². The highest BCUT2D eigenvalue weighted by molar-refractivity contribution is 7.59. The van der Waals surface area contributed by atoms with Gasteiger partial charge in [0.15, 0.2) is 11.5 Å². The van der Waals surface area contributed by atoms with Crippen LogP contribution in [0.25, 0.3) is 11.2 Å². The molecule has 0 aliphatic heterocycles. The molecule has 3 aromatic rings. The van der Waals surface area contributed by atoms with Crippen molar-refractivity contribution >= 4 is 30.4 Å². The number of para-hydroxylation sites is 1. The van der Waals surface area contributed by atoms with E-state index in [2.05, 4.69) is 25.1 Å². The van der Waals surface area contributed by atoms with Crippen molar-refractivity contribution in [2.75, 3.05) is 25.8 Å². The lowest BCUT2D eigenvalue weighted by molar-refractivity contribution is -0.149. The molecule has 4 N–H and O–H groups in total. The van der Waals surface area contributed by atoms with Gasteiger partial charge in [0, 0.05) is 11.6 Å². The number of imidazole rings is 1. The number of hydrogen-bond donors (Lipinski definition) is 3. The number of anilines is 1. The number of methoxy groups -OCH3 is 1. The van der Waals surface area contributed by atoms with Gasteiger partial charge in [0.1, 0.15) is 29.5 Å². The van der Waals surface area contributed by atoms with Gasteiger partial charge in [0.2, 0.25) is 7.44 Å². The maximum absolute atomic E-state index is 14.3. The average Bonchev–Trinajstić information content (AvgIpc) is 3.29. The van der Waals surface area contributed by atoms with Crippen LogP contribution in [0.1, 0.15) is 52.6 Å². The Kier molecular flexibility index (Phi) is 9.83. The fraction of sp³-hybridized carbons (Fsp3) is 0.520.